The largest absolute Gasteiger partial charge is 0.391 e. The Morgan fingerprint density at radius 3 is 2.62 bits per heavy atom. The fraction of sp³-hybridized carbons (Fsp3) is 0.458. The van der Waals surface area contributed by atoms with Gasteiger partial charge in [0.1, 0.15) is 5.01 Å². The third-order valence-corrected chi connectivity index (χ3v) is 8.03. The smallest absolute Gasteiger partial charge is 0.240 e. The molecule has 2 aromatic heterocycles. The van der Waals surface area contributed by atoms with Crippen molar-refractivity contribution in [3.63, 3.8) is 0 Å². The van der Waals surface area contributed by atoms with E-state index in [4.69, 9.17) is 5.73 Å². The quantitative estimate of drug-likeness (QED) is 0.584. The average Bonchev–Trinajstić information content (AvgIpc) is 3.47. The number of rotatable bonds is 5. The van der Waals surface area contributed by atoms with Crippen LogP contribution in [0, 0.1) is 12.3 Å². The first-order chi connectivity index (χ1) is 15.1. The highest BCUT2D eigenvalue weighted by Crippen LogP contribution is 2.36. The van der Waals surface area contributed by atoms with Crippen molar-refractivity contribution in [2.75, 3.05) is 6.54 Å². The first kappa shape index (κ1) is 23.0. The van der Waals surface area contributed by atoms with Crippen molar-refractivity contribution in [2.45, 2.75) is 58.7 Å². The number of aliphatic hydroxyl groups excluding tert-OH is 1. The number of carbonyl (C=O) groups excluding carboxylic acids is 1. The van der Waals surface area contributed by atoms with Crippen molar-refractivity contribution in [3.05, 3.63) is 57.1 Å². The van der Waals surface area contributed by atoms with Gasteiger partial charge in [-0.3, -0.25) is 4.79 Å². The lowest BCUT2D eigenvalue weighted by molar-refractivity contribution is -0.136. The molecule has 32 heavy (non-hydrogen) atoms. The highest BCUT2D eigenvalue weighted by Gasteiger charge is 2.41. The summed E-state index contributed by atoms with van der Waals surface area (Å²) in [5.41, 5.74) is 11.2. The van der Waals surface area contributed by atoms with Gasteiger partial charge in [-0.2, -0.15) is 0 Å². The summed E-state index contributed by atoms with van der Waals surface area (Å²) < 4.78 is 0. The van der Waals surface area contributed by atoms with Gasteiger partial charge in [0.25, 0.3) is 0 Å². The fourth-order valence-corrected chi connectivity index (χ4v) is 5.84. The first-order valence-corrected chi connectivity index (χ1v) is 12.5. The maximum Gasteiger partial charge on any atom is 0.240 e. The number of nitrogens with two attached hydrogens (primary N) is 1. The van der Waals surface area contributed by atoms with Gasteiger partial charge in [-0.05, 0) is 23.5 Å². The van der Waals surface area contributed by atoms with Crippen LogP contribution in [0.25, 0.3) is 10.4 Å². The Hall–Kier alpha value is -2.13. The van der Waals surface area contributed by atoms with Crippen LogP contribution in [0.15, 0.2) is 36.0 Å². The van der Waals surface area contributed by atoms with Crippen molar-refractivity contribution < 1.29 is 9.90 Å². The van der Waals surface area contributed by atoms with E-state index in [1.165, 1.54) is 16.0 Å². The van der Waals surface area contributed by atoms with Crippen molar-refractivity contribution in [3.8, 4) is 10.4 Å². The Labute approximate surface area is 197 Å². The third-order valence-electron chi connectivity index (χ3n) is 5.96. The molecule has 0 unspecified atom stereocenters. The van der Waals surface area contributed by atoms with Crippen molar-refractivity contribution in [1.82, 2.24) is 14.9 Å². The van der Waals surface area contributed by atoms with Gasteiger partial charge in [-0.15, -0.1) is 22.7 Å². The zero-order valence-electron chi connectivity index (χ0n) is 18.9. The van der Waals surface area contributed by atoms with E-state index < -0.39 is 12.1 Å². The van der Waals surface area contributed by atoms with Gasteiger partial charge in [-0.25, -0.2) is 9.97 Å². The minimum atomic E-state index is -0.615. The van der Waals surface area contributed by atoms with E-state index in [-0.39, 0.29) is 17.4 Å². The van der Waals surface area contributed by atoms with Crippen LogP contribution in [0.3, 0.4) is 0 Å². The van der Waals surface area contributed by atoms with Crippen molar-refractivity contribution in [1.29, 1.82) is 0 Å². The van der Waals surface area contributed by atoms with Gasteiger partial charge in [0.2, 0.25) is 5.91 Å². The van der Waals surface area contributed by atoms with Crippen LogP contribution < -0.4 is 5.73 Å². The molecule has 0 spiro atoms. The molecule has 1 aliphatic heterocycles. The van der Waals surface area contributed by atoms with Gasteiger partial charge < -0.3 is 15.7 Å². The van der Waals surface area contributed by atoms with Gasteiger partial charge in [-0.1, -0.05) is 45.0 Å². The van der Waals surface area contributed by atoms with Crippen molar-refractivity contribution in [2.24, 2.45) is 11.1 Å². The number of benzene rings is 1. The van der Waals surface area contributed by atoms with E-state index >= 15 is 0 Å². The summed E-state index contributed by atoms with van der Waals surface area (Å²) in [6, 6.07) is 7.73. The normalized spacial score (nSPS) is 20.0. The standard InChI is InChI=1S/C24H30N4O2S2/c1-14-20(31-13-27-14)16-7-5-15(6-8-16)9-18-11-26-22(32-18)19-10-17(29)12-28(19)23(30)21(25)24(2,3)4/h5-8,11,13,17,19,21,29H,9-10,12,25H2,1-4H3/t17-,19+,21-/m1/s1. The third kappa shape index (κ3) is 4.78. The summed E-state index contributed by atoms with van der Waals surface area (Å²) >= 11 is 3.26. The number of aromatic nitrogens is 2. The zero-order valence-corrected chi connectivity index (χ0v) is 20.5. The van der Waals surface area contributed by atoms with Crippen LogP contribution in [0.4, 0.5) is 0 Å². The minimum Gasteiger partial charge on any atom is -0.391 e. The molecular weight excluding hydrogens is 440 g/mol. The Morgan fingerprint density at radius 2 is 2.00 bits per heavy atom. The predicted octanol–water partition coefficient (Wildman–Crippen LogP) is 4.17. The molecule has 3 atom stereocenters. The maximum atomic E-state index is 13.0. The molecule has 1 saturated heterocycles. The van der Waals surface area contributed by atoms with Crippen molar-refractivity contribution >= 4 is 28.6 Å². The molecule has 0 radical (unpaired) electrons. The Bertz CT molecular complexity index is 1080. The number of hydrogen-bond acceptors (Lipinski definition) is 7. The summed E-state index contributed by atoms with van der Waals surface area (Å²) in [4.78, 5) is 26.0. The molecule has 1 aliphatic rings. The molecule has 0 bridgehead atoms. The van der Waals surface area contributed by atoms with Crippen LogP contribution in [-0.2, 0) is 11.2 Å². The molecule has 6 nitrogen and oxygen atoms in total. The van der Waals surface area contributed by atoms with Gasteiger partial charge in [0, 0.05) is 30.5 Å². The SMILES string of the molecule is Cc1ncsc1-c1ccc(Cc2cnc([C@@H]3C[C@@H](O)CN3C(=O)[C@@H](N)C(C)(C)C)s2)cc1. The maximum absolute atomic E-state index is 13.0. The van der Waals surface area contributed by atoms with Crippen LogP contribution in [0.2, 0.25) is 0 Å². The molecule has 4 rings (SSSR count). The fourth-order valence-electron chi connectivity index (χ4n) is 3.95. The molecule has 3 aromatic rings. The van der Waals surface area contributed by atoms with E-state index in [0.29, 0.717) is 13.0 Å². The number of β-amino-alcohol motifs (C(OH)–C–C–N with tert-alkyl or cyclic N) is 1. The molecule has 1 fully saturated rings. The zero-order chi connectivity index (χ0) is 23.0. The predicted molar refractivity (Wildman–Crippen MR) is 130 cm³/mol. The number of carbonyl (C=O) groups is 1. The summed E-state index contributed by atoms with van der Waals surface area (Å²) in [6.07, 6.45) is 2.62. The highest BCUT2D eigenvalue weighted by molar-refractivity contribution is 7.13. The van der Waals surface area contributed by atoms with E-state index in [0.717, 1.165) is 22.0 Å². The van der Waals surface area contributed by atoms with Gasteiger partial charge in [0.15, 0.2) is 0 Å². The van der Waals surface area contributed by atoms with E-state index in [1.54, 1.807) is 27.6 Å². The summed E-state index contributed by atoms with van der Waals surface area (Å²) in [6.45, 7) is 8.21. The van der Waals surface area contributed by atoms with Gasteiger partial charge in [0.05, 0.1) is 34.3 Å². The first-order valence-electron chi connectivity index (χ1n) is 10.8. The summed E-state index contributed by atoms with van der Waals surface area (Å²) in [5.74, 6) is -0.121. The number of aliphatic hydroxyl groups is 1. The lowest BCUT2D eigenvalue weighted by Gasteiger charge is -2.32. The average molecular weight is 471 g/mol. The summed E-state index contributed by atoms with van der Waals surface area (Å²) in [7, 11) is 0. The van der Waals surface area contributed by atoms with Crippen LogP contribution in [-0.4, -0.2) is 44.6 Å². The molecule has 1 aromatic carbocycles. The second kappa shape index (κ2) is 9.02. The Kier molecular flexibility index (Phi) is 6.49. The van der Waals surface area contributed by atoms with E-state index in [9.17, 15) is 9.90 Å². The lowest BCUT2D eigenvalue weighted by Crippen LogP contribution is -2.50. The van der Waals surface area contributed by atoms with Gasteiger partial charge >= 0.3 is 0 Å². The van der Waals surface area contributed by atoms with E-state index in [1.807, 2.05) is 39.4 Å². The minimum absolute atomic E-state index is 0.121. The Balaban J connectivity index is 1.48. The molecule has 0 aliphatic carbocycles. The van der Waals surface area contributed by atoms with Crippen LogP contribution in [0.5, 0.6) is 0 Å². The topological polar surface area (TPSA) is 92.3 Å². The molecule has 3 N–H and O–H groups in total. The number of aryl methyl sites for hydroxylation is 1. The monoisotopic (exact) mass is 470 g/mol. The highest BCUT2D eigenvalue weighted by atomic mass is 32.1. The van der Waals surface area contributed by atoms with Crippen LogP contribution in [0.1, 0.15) is 54.4 Å². The number of hydrogen-bond donors (Lipinski definition) is 2. The lowest BCUT2D eigenvalue weighted by atomic mass is 9.86. The molecule has 8 heteroatoms. The second-order valence-corrected chi connectivity index (χ2v) is 11.5. The number of thiazole rings is 2. The molecule has 170 valence electrons. The number of nitrogens with zero attached hydrogens (tertiary/aromatic N) is 3. The van der Waals surface area contributed by atoms with E-state index in [2.05, 4.69) is 34.2 Å². The molecule has 3 heterocycles. The molecular formula is C24H30N4O2S2. The summed E-state index contributed by atoms with van der Waals surface area (Å²) in [5, 5.41) is 11.1. The number of amides is 1. The molecule has 1 amide bonds. The molecule has 0 saturated carbocycles. The second-order valence-electron chi connectivity index (χ2n) is 9.55. The van der Waals surface area contributed by atoms with Crippen LogP contribution >= 0.6 is 22.7 Å². The Morgan fingerprint density at radius 1 is 1.28 bits per heavy atom. The number of likely N-dealkylation sites (tertiary alicyclic amines) is 1.